The average Bonchev–Trinajstić information content (AvgIpc) is 3.22. The molecule has 32 heavy (non-hydrogen) atoms. The number of ether oxygens (including phenoxy) is 5. The minimum atomic E-state index is -3.31. The van der Waals surface area contributed by atoms with Gasteiger partial charge in [0.05, 0.1) is 27.6 Å². The van der Waals surface area contributed by atoms with Gasteiger partial charge in [0, 0.05) is 6.54 Å². The molecule has 0 aromatic heterocycles. The summed E-state index contributed by atoms with van der Waals surface area (Å²) in [5.41, 5.74) is 2.43. The molecule has 0 radical (unpaired) electrons. The molecule has 0 fully saturated rings. The van der Waals surface area contributed by atoms with E-state index < -0.39 is 16.0 Å². The smallest absolute Gasteiger partial charge is 0.342 e. The standard InChI is InChI=1S/C22H25NO8S/c1-27-17-8-7-14(20(21(17)28-2)22(24)29-3)5-6-15-11-18-19(31-13-30-18)12-16(15)9-10-23-32(4,25)26/h5-8,11-12,23H,9-10,13H2,1-4H3/b6-5+. The Hall–Kier alpha value is -3.24. The van der Waals surface area contributed by atoms with E-state index in [4.69, 9.17) is 23.7 Å². The van der Waals surface area contributed by atoms with Gasteiger partial charge in [-0.25, -0.2) is 17.9 Å². The Kier molecular flexibility index (Phi) is 7.26. The van der Waals surface area contributed by atoms with Crippen LogP contribution in [0.3, 0.4) is 0 Å². The number of hydrogen-bond acceptors (Lipinski definition) is 8. The molecule has 0 spiro atoms. The number of carbonyl (C=O) groups is 1. The fourth-order valence-corrected chi connectivity index (χ4v) is 3.79. The van der Waals surface area contributed by atoms with Crippen LogP contribution in [0.5, 0.6) is 23.0 Å². The molecule has 0 unspecified atom stereocenters. The molecule has 0 atom stereocenters. The number of carbonyl (C=O) groups excluding carboxylic acids is 1. The van der Waals surface area contributed by atoms with E-state index in [9.17, 15) is 13.2 Å². The Morgan fingerprint density at radius 1 is 1.06 bits per heavy atom. The Bertz CT molecular complexity index is 1140. The zero-order valence-electron chi connectivity index (χ0n) is 18.3. The van der Waals surface area contributed by atoms with E-state index >= 15 is 0 Å². The van der Waals surface area contributed by atoms with Crippen molar-refractivity contribution in [2.24, 2.45) is 0 Å². The number of hydrogen-bond donors (Lipinski definition) is 1. The summed E-state index contributed by atoms with van der Waals surface area (Å²) in [4.78, 5) is 12.5. The third kappa shape index (κ3) is 5.32. The van der Waals surface area contributed by atoms with E-state index in [1.165, 1.54) is 21.3 Å². The predicted molar refractivity (Wildman–Crippen MR) is 119 cm³/mol. The van der Waals surface area contributed by atoms with Crippen molar-refractivity contribution in [3.05, 3.63) is 46.5 Å². The molecule has 0 bridgehead atoms. The van der Waals surface area contributed by atoms with E-state index in [1.54, 1.807) is 18.2 Å². The van der Waals surface area contributed by atoms with Crippen LogP contribution in [0.1, 0.15) is 27.0 Å². The molecule has 3 rings (SSSR count). The first-order valence-corrected chi connectivity index (χ1v) is 11.5. The molecule has 172 valence electrons. The lowest BCUT2D eigenvalue weighted by Gasteiger charge is -2.14. The highest BCUT2D eigenvalue weighted by Gasteiger charge is 2.21. The second kappa shape index (κ2) is 9.92. The van der Waals surface area contributed by atoms with Gasteiger partial charge in [0.25, 0.3) is 0 Å². The molecule has 0 aliphatic carbocycles. The fourth-order valence-electron chi connectivity index (χ4n) is 3.32. The van der Waals surface area contributed by atoms with Gasteiger partial charge in [-0.05, 0) is 41.3 Å². The summed E-state index contributed by atoms with van der Waals surface area (Å²) >= 11 is 0. The number of rotatable bonds is 9. The van der Waals surface area contributed by atoms with Gasteiger partial charge in [-0.15, -0.1) is 0 Å². The Morgan fingerprint density at radius 3 is 2.38 bits per heavy atom. The van der Waals surface area contributed by atoms with Gasteiger partial charge >= 0.3 is 5.97 Å². The van der Waals surface area contributed by atoms with Crippen LogP contribution < -0.4 is 23.7 Å². The van der Waals surface area contributed by atoms with Gasteiger partial charge in [0.1, 0.15) is 5.56 Å². The highest BCUT2D eigenvalue weighted by Crippen LogP contribution is 2.37. The van der Waals surface area contributed by atoms with Crippen molar-refractivity contribution in [1.82, 2.24) is 4.72 Å². The van der Waals surface area contributed by atoms with Crippen LogP contribution in [0, 0.1) is 0 Å². The largest absolute Gasteiger partial charge is 0.493 e. The number of esters is 1. The summed E-state index contributed by atoms with van der Waals surface area (Å²) in [6.45, 7) is 0.342. The quantitative estimate of drug-likeness (QED) is 0.446. The third-order valence-electron chi connectivity index (χ3n) is 4.80. The maximum absolute atomic E-state index is 12.5. The van der Waals surface area contributed by atoms with Crippen molar-refractivity contribution in [3.63, 3.8) is 0 Å². The van der Waals surface area contributed by atoms with Crippen LogP contribution in [0.25, 0.3) is 12.2 Å². The van der Waals surface area contributed by atoms with Gasteiger partial charge < -0.3 is 23.7 Å². The lowest BCUT2D eigenvalue weighted by molar-refractivity contribution is 0.0596. The van der Waals surface area contributed by atoms with Crippen LogP contribution in [0.2, 0.25) is 0 Å². The maximum Gasteiger partial charge on any atom is 0.342 e. The second-order valence-corrected chi connectivity index (χ2v) is 8.74. The van der Waals surface area contributed by atoms with Crippen molar-refractivity contribution in [2.45, 2.75) is 6.42 Å². The van der Waals surface area contributed by atoms with E-state index in [1.807, 2.05) is 18.2 Å². The maximum atomic E-state index is 12.5. The van der Waals surface area contributed by atoms with E-state index in [-0.39, 0.29) is 24.7 Å². The van der Waals surface area contributed by atoms with E-state index in [2.05, 4.69) is 4.72 Å². The van der Waals surface area contributed by atoms with Crippen LogP contribution in [0.15, 0.2) is 24.3 Å². The number of nitrogens with one attached hydrogen (secondary N) is 1. The second-order valence-electron chi connectivity index (χ2n) is 6.91. The normalized spacial score (nSPS) is 12.8. The third-order valence-corrected chi connectivity index (χ3v) is 5.53. The Morgan fingerprint density at radius 2 is 1.75 bits per heavy atom. The van der Waals surface area contributed by atoms with Crippen molar-refractivity contribution in [2.75, 3.05) is 40.9 Å². The lowest BCUT2D eigenvalue weighted by Crippen LogP contribution is -2.24. The molecular formula is C22H25NO8S. The summed E-state index contributed by atoms with van der Waals surface area (Å²) in [7, 11) is 0.915. The summed E-state index contributed by atoms with van der Waals surface area (Å²) < 4.78 is 51.8. The molecule has 10 heteroatoms. The molecule has 0 saturated heterocycles. The molecule has 2 aromatic carbocycles. The minimum Gasteiger partial charge on any atom is -0.493 e. The van der Waals surface area contributed by atoms with Crippen molar-refractivity contribution >= 4 is 28.1 Å². The molecule has 9 nitrogen and oxygen atoms in total. The first-order valence-electron chi connectivity index (χ1n) is 9.66. The van der Waals surface area contributed by atoms with Crippen LogP contribution in [-0.4, -0.2) is 55.3 Å². The molecule has 1 aliphatic rings. The van der Waals surface area contributed by atoms with E-state index in [0.29, 0.717) is 29.2 Å². The van der Waals surface area contributed by atoms with Gasteiger partial charge in [0.15, 0.2) is 23.0 Å². The zero-order valence-corrected chi connectivity index (χ0v) is 19.1. The first-order chi connectivity index (χ1) is 15.3. The number of sulfonamides is 1. The SMILES string of the molecule is COC(=O)c1c(/C=C/c2cc3c(cc2CCNS(C)(=O)=O)OCO3)ccc(OC)c1OC. The fraction of sp³-hybridized carbons (Fsp3) is 0.318. The lowest BCUT2D eigenvalue weighted by atomic mass is 10.00. The molecule has 1 N–H and O–H groups in total. The zero-order chi connectivity index (χ0) is 23.3. The Balaban J connectivity index is 2.01. The summed E-state index contributed by atoms with van der Waals surface area (Å²) in [5, 5.41) is 0. The minimum absolute atomic E-state index is 0.117. The highest BCUT2D eigenvalue weighted by molar-refractivity contribution is 7.88. The first kappa shape index (κ1) is 23.4. The summed E-state index contributed by atoms with van der Waals surface area (Å²) in [6, 6.07) is 7.05. The van der Waals surface area contributed by atoms with Crippen molar-refractivity contribution in [1.29, 1.82) is 0 Å². The van der Waals surface area contributed by atoms with Crippen LogP contribution in [0.4, 0.5) is 0 Å². The topological polar surface area (TPSA) is 109 Å². The average molecular weight is 464 g/mol. The van der Waals surface area contributed by atoms with E-state index in [0.717, 1.165) is 17.4 Å². The van der Waals surface area contributed by atoms with Gasteiger partial charge in [0.2, 0.25) is 16.8 Å². The summed E-state index contributed by atoms with van der Waals surface area (Å²) in [5.74, 6) is 1.29. The van der Waals surface area contributed by atoms with Crippen molar-refractivity contribution < 1.29 is 36.9 Å². The number of methoxy groups -OCH3 is 3. The monoisotopic (exact) mass is 463 g/mol. The van der Waals surface area contributed by atoms with Gasteiger partial charge in [-0.1, -0.05) is 18.2 Å². The predicted octanol–water partition coefficient (Wildman–Crippen LogP) is 2.48. The molecule has 0 amide bonds. The Labute approximate surface area is 186 Å². The highest BCUT2D eigenvalue weighted by atomic mass is 32.2. The number of benzene rings is 2. The van der Waals surface area contributed by atoms with Crippen LogP contribution in [-0.2, 0) is 21.2 Å². The molecule has 0 saturated carbocycles. The summed E-state index contributed by atoms with van der Waals surface area (Å²) in [6.07, 6.45) is 5.10. The number of fused-ring (bicyclic) bond motifs is 1. The van der Waals surface area contributed by atoms with Gasteiger partial charge in [-0.2, -0.15) is 0 Å². The van der Waals surface area contributed by atoms with Crippen molar-refractivity contribution in [3.8, 4) is 23.0 Å². The van der Waals surface area contributed by atoms with Crippen LogP contribution >= 0.6 is 0 Å². The molecule has 1 heterocycles. The van der Waals surface area contributed by atoms with Gasteiger partial charge in [-0.3, -0.25) is 0 Å². The molecule has 1 aliphatic heterocycles. The molecule has 2 aromatic rings. The molecular weight excluding hydrogens is 438 g/mol.